The molecule has 2 atom stereocenters. The molecular weight excluding hydrogens is 300 g/mol. The van der Waals surface area contributed by atoms with Crippen LogP contribution in [0.3, 0.4) is 0 Å². The Kier molecular flexibility index (Phi) is 4.27. The average Bonchev–Trinajstić information content (AvgIpc) is 3.32. The summed E-state index contributed by atoms with van der Waals surface area (Å²) in [6, 6.07) is 7.00. The number of fused-ring (bicyclic) bond motifs is 1. The molecule has 0 saturated carbocycles. The van der Waals surface area contributed by atoms with Crippen molar-refractivity contribution in [2.45, 2.75) is 57.7 Å². The first kappa shape index (κ1) is 15.6. The number of likely N-dealkylation sites (tertiary alicyclic amines) is 2. The van der Waals surface area contributed by atoms with Crippen LogP contribution in [0.4, 0.5) is 0 Å². The van der Waals surface area contributed by atoms with E-state index in [1.54, 1.807) is 0 Å². The molecule has 2 unspecified atom stereocenters. The Bertz CT molecular complexity index is 692. The van der Waals surface area contributed by atoms with Crippen LogP contribution in [0.1, 0.15) is 44.7 Å². The summed E-state index contributed by atoms with van der Waals surface area (Å²) >= 11 is 0. The van der Waals surface area contributed by atoms with Crippen LogP contribution in [-0.2, 0) is 11.3 Å². The first-order chi connectivity index (χ1) is 11.8. The monoisotopic (exact) mass is 326 g/mol. The molecule has 128 valence electrons. The molecule has 2 saturated heterocycles. The Morgan fingerprint density at radius 1 is 1.21 bits per heavy atom. The summed E-state index contributed by atoms with van der Waals surface area (Å²) in [7, 11) is 0. The van der Waals surface area contributed by atoms with Crippen LogP contribution < -0.4 is 0 Å². The molecule has 4 heterocycles. The Morgan fingerprint density at radius 2 is 2.04 bits per heavy atom. The Labute approximate surface area is 143 Å². The van der Waals surface area contributed by atoms with Crippen molar-refractivity contribution in [1.82, 2.24) is 19.2 Å². The number of hydrogen-bond donors (Lipinski definition) is 0. The molecule has 1 amide bonds. The van der Waals surface area contributed by atoms with Gasteiger partial charge in [0, 0.05) is 44.0 Å². The second kappa shape index (κ2) is 6.55. The Hall–Kier alpha value is -1.88. The summed E-state index contributed by atoms with van der Waals surface area (Å²) < 4.78 is 2.09. The standard InChI is InChI=1S/C19H26N4O/c1-2-19(24)23-12-6-8-17(23)16-7-5-11-21(16)13-15-14-22-10-4-3-9-18(22)20-15/h3-4,9-10,14,16-17H,2,5-8,11-13H2,1H3. The molecule has 24 heavy (non-hydrogen) atoms. The van der Waals surface area contributed by atoms with Crippen molar-refractivity contribution < 1.29 is 4.79 Å². The lowest BCUT2D eigenvalue weighted by Crippen LogP contribution is -2.47. The van der Waals surface area contributed by atoms with Crippen LogP contribution in [0.15, 0.2) is 30.6 Å². The molecule has 2 aromatic heterocycles. The van der Waals surface area contributed by atoms with Crippen molar-refractivity contribution >= 4 is 11.6 Å². The van der Waals surface area contributed by atoms with Crippen LogP contribution in [0.5, 0.6) is 0 Å². The third-order valence-electron chi connectivity index (χ3n) is 5.56. The number of imidazole rings is 1. The molecule has 5 heteroatoms. The predicted molar refractivity (Wildman–Crippen MR) is 93.7 cm³/mol. The van der Waals surface area contributed by atoms with E-state index in [4.69, 9.17) is 4.98 Å². The van der Waals surface area contributed by atoms with E-state index in [2.05, 4.69) is 20.4 Å². The van der Waals surface area contributed by atoms with Gasteiger partial charge < -0.3 is 9.30 Å². The highest BCUT2D eigenvalue weighted by Crippen LogP contribution is 2.31. The fourth-order valence-corrected chi connectivity index (χ4v) is 4.46. The summed E-state index contributed by atoms with van der Waals surface area (Å²) in [5.41, 5.74) is 2.13. The van der Waals surface area contributed by atoms with Crippen molar-refractivity contribution in [2.75, 3.05) is 13.1 Å². The lowest BCUT2D eigenvalue weighted by atomic mass is 10.0. The van der Waals surface area contributed by atoms with Gasteiger partial charge in [-0.3, -0.25) is 9.69 Å². The number of pyridine rings is 1. The first-order valence-corrected chi connectivity index (χ1v) is 9.22. The largest absolute Gasteiger partial charge is 0.338 e. The van der Waals surface area contributed by atoms with Gasteiger partial charge in [0.2, 0.25) is 5.91 Å². The van der Waals surface area contributed by atoms with Gasteiger partial charge in [0.1, 0.15) is 5.65 Å². The second-order valence-electron chi connectivity index (χ2n) is 7.03. The van der Waals surface area contributed by atoms with Crippen molar-refractivity contribution in [3.05, 3.63) is 36.3 Å². The molecule has 2 aliphatic heterocycles. The second-order valence-corrected chi connectivity index (χ2v) is 7.03. The average molecular weight is 326 g/mol. The molecule has 0 N–H and O–H groups in total. The topological polar surface area (TPSA) is 40.9 Å². The summed E-state index contributed by atoms with van der Waals surface area (Å²) in [6.07, 6.45) is 9.53. The minimum absolute atomic E-state index is 0.317. The van der Waals surface area contributed by atoms with Crippen molar-refractivity contribution in [1.29, 1.82) is 0 Å². The maximum absolute atomic E-state index is 12.3. The van der Waals surface area contributed by atoms with Gasteiger partial charge in [-0.2, -0.15) is 0 Å². The molecule has 2 aromatic rings. The third kappa shape index (κ3) is 2.81. The molecule has 0 aromatic carbocycles. The molecular formula is C19H26N4O. The van der Waals surface area contributed by atoms with E-state index in [-0.39, 0.29) is 0 Å². The SMILES string of the molecule is CCC(=O)N1CCCC1C1CCCN1Cc1cn2ccccc2n1. The minimum Gasteiger partial charge on any atom is -0.338 e. The molecule has 0 bridgehead atoms. The Morgan fingerprint density at radius 3 is 2.88 bits per heavy atom. The molecule has 2 aliphatic rings. The zero-order valence-corrected chi connectivity index (χ0v) is 14.4. The number of hydrogen-bond acceptors (Lipinski definition) is 3. The predicted octanol–water partition coefficient (Wildman–Crippen LogP) is 2.70. The summed E-state index contributed by atoms with van der Waals surface area (Å²) in [4.78, 5) is 21.7. The quantitative estimate of drug-likeness (QED) is 0.867. The minimum atomic E-state index is 0.317. The van der Waals surface area contributed by atoms with Gasteiger partial charge in [-0.25, -0.2) is 4.98 Å². The third-order valence-corrected chi connectivity index (χ3v) is 5.56. The van der Waals surface area contributed by atoms with E-state index >= 15 is 0 Å². The smallest absolute Gasteiger partial charge is 0.222 e. The van der Waals surface area contributed by atoms with Crippen molar-refractivity contribution in [3.63, 3.8) is 0 Å². The molecule has 0 radical (unpaired) electrons. The zero-order chi connectivity index (χ0) is 16.5. The van der Waals surface area contributed by atoms with E-state index in [1.807, 2.05) is 31.3 Å². The molecule has 0 spiro atoms. The maximum Gasteiger partial charge on any atom is 0.222 e. The lowest BCUT2D eigenvalue weighted by molar-refractivity contribution is -0.132. The summed E-state index contributed by atoms with van der Waals surface area (Å²) in [6.45, 7) is 4.91. The number of aromatic nitrogens is 2. The van der Waals surface area contributed by atoms with E-state index < -0.39 is 0 Å². The number of nitrogens with zero attached hydrogens (tertiary/aromatic N) is 4. The van der Waals surface area contributed by atoms with Gasteiger partial charge in [-0.1, -0.05) is 13.0 Å². The highest BCUT2D eigenvalue weighted by atomic mass is 16.2. The normalized spacial score (nSPS) is 25.0. The fourth-order valence-electron chi connectivity index (χ4n) is 4.46. The highest BCUT2D eigenvalue weighted by Gasteiger charge is 2.39. The van der Waals surface area contributed by atoms with Gasteiger partial charge in [0.05, 0.1) is 5.69 Å². The maximum atomic E-state index is 12.3. The van der Waals surface area contributed by atoms with Gasteiger partial charge >= 0.3 is 0 Å². The summed E-state index contributed by atoms with van der Waals surface area (Å²) in [5.74, 6) is 0.317. The van der Waals surface area contributed by atoms with Crippen LogP contribution >= 0.6 is 0 Å². The van der Waals surface area contributed by atoms with Crippen molar-refractivity contribution in [3.8, 4) is 0 Å². The van der Waals surface area contributed by atoms with E-state index in [0.29, 0.717) is 24.4 Å². The molecule has 2 fully saturated rings. The highest BCUT2D eigenvalue weighted by molar-refractivity contribution is 5.76. The molecule has 4 rings (SSSR count). The lowest BCUT2D eigenvalue weighted by Gasteiger charge is -2.34. The van der Waals surface area contributed by atoms with Crippen molar-refractivity contribution in [2.24, 2.45) is 0 Å². The Balaban J connectivity index is 1.51. The van der Waals surface area contributed by atoms with Crippen LogP contribution in [0.25, 0.3) is 5.65 Å². The fraction of sp³-hybridized carbons (Fsp3) is 0.579. The molecule has 5 nitrogen and oxygen atoms in total. The number of carbonyl (C=O) groups excluding carboxylic acids is 1. The number of amides is 1. The van der Waals surface area contributed by atoms with Gasteiger partial charge in [-0.05, 0) is 44.4 Å². The van der Waals surface area contributed by atoms with Gasteiger partial charge in [0.15, 0.2) is 0 Å². The van der Waals surface area contributed by atoms with E-state index in [1.165, 1.54) is 12.8 Å². The first-order valence-electron chi connectivity index (χ1n) is 9.22. The van der Waals surface area contributed by atoms with Crippen LogP contribution in [0, 0.1) is 0 Å². The summed E-state index contributed by atoms with van der Waals surface area (Å²) in [5, 5.41) is 0. The van der Waals surface area contributed by atoms with E-state index in [0.717, 1.165) is 43.8 Å². The van der Waals surface area contributed by atoms with Crippen LogP contribution in [-0.4, -0.2) is 50.3 Å². The van der Waals surface area contributed by atoms with Gasteiger partial charge in [0.25, 0.3) is 0 Å². The number of carbonyl (C=O) groups is 1. The number of rotatable bonds is 4. The van der Waals surface area contributed by atoms with E-state index in [9.17, 15) is 4.79 Å². The zero-order valence-electron chi connectivity index (χ0n) is 14.4. The van der Waals surface area contributed by atoms with Gasteiger partial charge in [-0.15, -0.1) is 0 Å². The van der Waals surface area contributed by atoms with Crippen LogP contribution in [0.2, 0.25) is 0 Å². The molecule has 0 aliphatic carbocycles.